The molecule has 1 atom stereocenters. The number of alkyl halides is 3. The molecule has 1 saturated heterocycles. The number of pyridine rings is 1. The number of hydrogen-bond acceptors (Lipinski definition) is 3. The minimum absolute atomic E-state index is 0.0238. The van der Waals surface area contributed by atoms with Crippen LogP contribution in [0.2, 0.25) is 0 Å². The van der Waals surface area contributed by atoms with Gasteiger partial charge in [0.15, 0.2) is 0 Å². The summed E-state index contributed by atoms with van der Waals surface area (Å²) in [7, 11) is 0. The predicted octanol–water partition coefficient (Wildman–Crippen LogP) is 4.31. The summed E-state index contributed by atoms with van der Waals surface area (Å²) in [6.45, 7) is 1.31. The molecule has 4 nitrogen and oxygen atoms in total. The highest BCUT2D eigenvalue weighted by Gasteiger charge is 2.32. The average molecular weight is 403 g/mol. The maximum Gasteiger partial charge on any atom is 0.433 e. The zero-order valence-electron chi connectivity index (χ0n) is 16.1. The Morgan fingerprint density at radius 2 is 1.86 bits per heavy atom. The largest absolute Gasteiger partial charge is 0.433 e. The number of amides is 1. The minimum Gasteiger partial charge on any atom is -0.368 e. The van der Waals surface area contributed by atoms with Crippen LogP contribution in [-0.2, 0) is 17.4 Å². The Hall–Kier alpha value is -2.57. The molecule has 0 spiro atoms. The summed E-state index contributed by atoms with van der Waals surface area (Å²) in [5.74, 6) is 0.673. The molecule has 29 heavy (non-hydrogen) atoms. The van der Waals surface area contributed by atoms with Crippen LogP contribution < -0.4 is 10.2 Å². The summed E-state index contributed by atoms with van der Waals surface area (Å²) in [5, 5.41) is 3.07. The Bertz CT molecular complexity index is 845. The standard InChI is InChI=1S/C22H24F3N3O/c23-22(24,25)20-10-9-19(13-26-20)28-11-1-2-18(14-28)27-21(29)12-15-3-5-16(6-4-15)17-7-8-17/h3-6,9-10,13,17-18H,1-2,7-8,11-12,14H2,(H,27,29). The molecule has 0 bridgehead atoms. The van der Waals surface area contributed by atoms with Gasteiger partial charge in [-0.3, -0.25) is 4.79 Å². The Labute approximate surface area is 168 Å². The lowest BCUT2D eigenvalue weighted by Gasteiger charge is -2.34. The van der Waals surface area contributed by atoms with E-state index in [1.165, 1.54) is 30.7 Å². The first-order valence-electron chi connectivity index (χ1n) is 10.0. The Balaban J connectivity index is 1.31. The van der Waals surface area contributed by atoms with E-state index in [0.717, 1.165) is 31.0 Å². The molecule has 1 amide bonds. The Kier molecular flexibility index (Phi) is 5.48. The summed E-state index contributed by atoms with van der Waals surface area (Å²) < 4.78 is 38.1. The van der Waals surface area contributed by atoms with E-state index in [-0.39, 0.29) is 11.9 Å². The van der Waals surface area contributed by atoms with Crippen LogP contribution in [0.3, 0.4) is 0 Å². The van der Waals surface area contributed by atoms with Crippen molar-refractivity contribution in [3.05, 3.63) is 59.4 Å². The summed E-state index contributed by atoms with van der Waals surface area (Å²) in [4.78, 5) is 18.0. The molecule has 1 aliphatic carbocycles. The molecule has 1 unspecified atom stereocenters. The van der Waals surface area contributed by atoms with Crippen molar-refractivity contribution in [3.63, 3.8) is 0 Å². The number of carbonyl (C=O) groups is 1. The molecule has 0 radical (unpaired) electrons. The molecule has 1 saturated carbocycles. The third kappa shape index (κ3) is 5.08. The molecule has 2 fully saturated rings. The molecule has 1 aromatic carbocycles. The van der Waals surface area contributed by atoms with Gasteiger partial charge in [0, 0.05) is 19.1 Å². The van der Waals surface area contributed by atoms with Crippen molar-refractivity contribution in [2.75, 3.05) is 18.0 Å². The molecular formula is C22H24F3N3O. The second-order valence-corrected chi connectivity index (χ2v) is 7.94. The number of anilines is 1. The van der Waals surface area contributed by atoms with Crippen LogP contribution in [0, 0.1) is 0 Å². The topological polar surface area (TPSA) is 45.2 Å². The molecule has 2 heterocycles. The van der Waals surface area contributed by atoms with Crippen LogP contribution >= 0.6 is 0 Å². The van der Waals surface area contributed by atoms with Gasteiger partial charge in [0.2, 0.25) is 5.91 Å². The molecule has 2 aliphatic rings. The zero-order valence-corrected chi connectivity index (χ0v) is 16.1. The van der Waals surface area contributed by atoms with E-state index in [1.807, 2.05) is 17.0 Å². The van der Waals surface area contributed by atoms with Gasteiger partial charge in [-0.15, -0.1) is 0 Å². The molecule has 1 aromatic heterocycles. The van der Waals surface area contributed by atoms with E-state index in [2.05, 4.69) is 22.4 Å². The van der Waals surface area contributed by atoms with Gasteiger partial charge in [-0.25, -0.2) is 4.98 Å². The normalized spacial score (nSPS) is 19.8. The maximum atomic E-state index is 12.7. The molecule has 4 rings (SSSR count). The average Bonchev–Trinajstić information content (AvgIpc) is 3.53. The van der Waals surface area contributed by atoms with Crippen molar-refractivity contribution in [3.8, 4) is 0 Å². The SMILES string of the molecule is O=C(Cc1ccc(C2CC2)cc1)NC1CCCN(c2ccc(C(F)(F)F)nc2)C1. The lowest BCUT2D eigenvalue weighted by Crippen LogP contribution is -2.48. The first kappa shape index (κ1) is 19.7. The number of piperidine rings is 1. The van der Waals surface area contributed by atoms with E-state index < -0.39 is 11.9 Å². The van der Waals surface area contributed by atoms with Crippen LogP contribution in [0.1, 0.15) is 48.4 Å². The number of nitrogens with zero attached hydrogens (tertiary/aromatic N) is 2. The van der Waals surface area contributed by atoms with E-state index in [1.54, 1.807) is 0 Å². The highest BCUT2D eigenvalue weighted by Crippen LogP contribution is 2.39. The summed E-state index contributed by atoms with van der Waals surface area (Å²) in [5.41, 5.74) is 2.09. The molecule has 1 aliphatic heterocycles. The van der Waals surface area contributed by atoms with Crippen molar-refractivity contribution < 1.29 is 18.0 Å². The van der Waals surface area contributed by atoms with Gasteiger partial charge < -0.3 is 10.2 Å². The smallest absolute Gasteiger partial charge is 0.368 e. The molecule has 2 aromatic rings. The van der Waals surface area contributed by atoms with Gasteiger partial charge in [-0.05, 0) is 54.9 Å². The second kappa shape index (κ2) is 8.05. The zero-order chi connectivity index (χ0) is 20.4. The van der Waals surface area contributed by atoms with E-state index >= 15 is 0 Å². The lowest BCUT2D eigenvalue weighted by atomic mass is 10.0. The number of nitrogens with one attached hydrogen (secondary N) is 1. The van der Waals surface area contributed by atoms with Gasteiger partial charge in [-0.2, -0.15) is 13.2 Å². The first-order chi connectivity index (χ1) is 13.9. The van der Waals surface area contributed by atoms with Crippen molar-refractivity contribution >= 4 is 11.6 Å². The molecule has 7 heteroatoms. The second-order valence-electron chi connectivity index (χ2n) is 7.94. The number of aromatic nitrogens is 1. The fourth-order valence-corrected chi connectivity index (χ4v) is 3.86. The number of hydrogen-bond donors (Lipinski definition) is 1. The quantitative estimate of drug-likeness (QED) is 0.809. The Morgan fingerprint density at radius 1 is 1.10 bits per heavy atom. The van der Waals surface area contributed by atoms with Crippen LogP contribution in [0.25, 0.3) is 0 Å². The minimum atomic E-state index is -4.44. The Morgan fingerprint density at radius 3 is 2.48 bits per heavy atom. The number of rotatable bonds is 5. The molecular weight excluding hydrogens is 379 g/mol. The molecule has 1 N–H and O–H groups in total. The number of benzene rings is 1. The summed E-state index contributed by atoms with van der Waals surface area (Å²) >= 11 is 0. The van der Waals surface area contributed by atoms with Gasteiger partial charge in [0.05, 0.1) is 18.3 Å². The van der Waals surface area contributed by atoms with Crippen LogP contribution in [0.4, 0.5) is 18.9 Å². The van der Waals surface area contributed by atoms with Gasteiger partial charge in [0.25, 0.3) is 0 Å². The number of carbonyl (C=O) groups excluding carboxylic acids is 1. The third-order valence-corrected chi connectivity index (χ3v) is 5.58. The van der Waals surface area contributed by atoms with E-state index in [4.69, 9.17) is 0 Å². The first-order valence-corrected chi connectivity index (χ1v) is 10.0. The number of halogens is 3. The summed E-state index contributed by atoms with van der Waals surface area (Å²) in [6.07, 6.45) is 1.39. The fraction of sp³-hybridized carbons (Fsp3) is 0.455. The third-order valence-electron chi connectivity index (χ3n) is 5.58. The summed E-state index contributed by atoms with van der Waals surface area (Å²) in [6, 6.07) is 10.7. The van der Waals surface area contributed by atoms with E-state index in [0.29, 0.717) is 24.6 Å². The van der Waals surface area contributed by atoms with Crippen LogP contribution in [0.15, 0.2) is 42.6 Å². The van der Waals surface area contributed by atoms with Gasteiger partial charge >= 0.3 is 6.18 Å². The van der Waals surface area contributed by atoms with Crippen LogP contribution in [0.5, 0.6) is 0 Å². The molecule has 154 valence electrons. The van der Waals surface area contributed by atoms with Crippen molar-refractivity contribution in [2.45, 2.75) is 50.2 Å². The van der Waals surface area contributed by atoms with Crippen molar-refractivity contribution in [2.24, 2.45) is 0 Å². The van der Waals surface area contributed by atoms with E-state index in [9.17, 15) is 18.0 Å². The monoisotopic (exact) mass is 403 g/mol. The van der Waals surface area contributed by atoms with Crippen LogP contribution in [-0.4, -0.2) is 30.0 Å². The maximum absolute atomic E-state index is 12.7. The highest BCUT2D eigenvalue weighted by molar-refractivity contribution is 5.79. The lowest BCUT2D eigenvalue weighted by molar-refractivity contribution is -0.141. The van der Waals surface area contributed by atoms with Crippen molar-refractivity contribution in [1.82, 2.24) is 10.3 Å². The van der Waals surface area contributed by atoms with Gasteiger partial charge in [0.1, 0.15) is 5.69 Å². The predicted molar refractivity (Wildman–Crippen MR) is 105 cm³/mol. The van der Waals surface area contributed by atoms with Crippen molar-refractivity contribution in [1.29, 1.82) is 0 Å². The van der Waals surface area contributed by atoms with Gasteiger partial charge in [-0.1, -0.05) is 24.3 Å². The highest BCUT2D eigenvalue weighted by atomic mass is 19.4. The fourth-order valence-electron chi connectivity index (χ4n) is 3.86.